The first-order valence-electron chi connectivity index (χ1n) is 12.7. The van der Waals surface area contributed by atoms with Crippen molar-refractivity contribution >= 4 is 40.1 Å². The largest absolute Gasteiger partial charge is 0.507 e. The molecule has 0 spiro atoms. The van der Waals surface area contributed by atoms with Crippen LogP contribution in [-0.2, 0) is 9.59 Å². The van der Waals surface area contributed by atoms with E-state index in [1.165, 1.54) is 23.1 Å². The van der Waals surface area contributed by atoms with Crippen LogP contribution in [-0.4, -0.2) is 47.5 Å². The van der Waals surface area contributed by atoms with Crippen LogP contribution in [0, 0.1) is 12.7 Å². The minimum Gasteiger partial charge on any atom is -0.507 e. The maximum absolute atomic E-state index is 13.9. The van der Waals surface area contributed by atoms with Gasteiger partial charge in [-0.05, 0) is 73.0 Å². The number of halogens is 1. The molecule has 1 aromatic heterocycles. The van der Waals surface area contributed by atoms with E-state index in [0.717, 1.165) is 17.7 Å². The number of aryl methyl sites for hydroxylation is 1. The van der Waals surface area contributed by atoms with Gasteiger partial charge in [-0.25, -0.2) is 9.37 Å². The Morgan fingerprint density at radius 3 is 2.51 bits per heavy atom. The van der Waals surface area contributed by atoms with Crippen LogP contribution in [0.2, 0.25) is 0 Å². The topological polar surface area (TPSA) is 98.8 Å². The van der Waals surface area contributed by atoms with Crippen molar-refractivity contribution in [3.8, 4) is 5.75 Å². The van der Waals surface area contributed by atoms with E-state index in [4.69, 9.17) is 4.74 Å². The van der Waals surface area contributed by atoms with Crippen molar-refractivity contribution < 1.29 is 23.8 Å². The van der Waals surface area contributed by atoms with Crippen molar-refractivity contribution in [3.05, 3.63) is 88.7 Å². The third kappa shape index (κ3) is 4.71. The van der Waals surface area contributed by atoms with Gasteiger partial charge in [-0.15, -0.1) is 0 Å². The van der Waals surface area contributed by atoms with Crippen LogP contribution in [0.5, 0.6) is 5.75 Å². The zero-order chi connectivity index (χ0) is 27.8. The van der Waals surface area contributed by atoms with Gasteiger partial charge in [0.25, 0.3) is 5.78 Å². The summed E-state index contributed by atoms with van der Waals surface area (Å²) in [6, 6.07) is 15.5. The molecule has 1 aliphatic heterocycles. The van der Waals surface area contributed by atoms with E-state index in [-0.39, 0.29) is 17.3 Å². The molecular formula is C30H29FN4O4. The number of hydrogen-bond donors (Lipinski definition) is 2. The zero-order valence-corrected chi connectivity index (χ0v) is 22.2. The lowest BCUT2D eigenvalue weighted by atomic mass is 9.94. The number of nitrogens with zero attached hydrogens (tertiary/aromatic N) is 3. The van der Waals surface area contributed by atoms with E-state index < -0.39 is 23.5 Å². The monoisotopic (exact) mass is 528 g/mol. The first kappa shape index (κ1) is 26.0. The molecule has 1 saturated heterocycles. The second kappa shape index (κ2) is 10.2. The second-order valence-corrected chi connectivity index (χ2v) is 9.71. The summed E-state index contributed by atoms with van der Waals surface area (Å²) in [5.74, 6) is -1.69. The summed E-state index contributed by atoms with van der Waals surface area (Å²) < 4.78 is 19.6. The molecule has 1 aliphatic rings. The average Bonchev–Trinajstić information content (AvgIpc) is 3.45. The van der Waals surface area contributed by atoms with E-state index >= 15 is 0 Å². The molecule has 0 bridgehead atoms. The van der Waals surface area contributed by atoms with E-state index in [1.54, 1.807) is 30.3 Å². The van der Waals surface area contributed by atoms with Gasteiger partial charge in [0.05, 0.1) is 29.3 Å². The Hall–Kier alpha value is -4.66. The number of aliphatic hydroxyl groups is 1. The number of fused-ring (bicyclic) bond motifs is 1. The molecule has 2 N–H and O–H groups in total. The number of amides is 1. The SMILES string of the molecule is CCCOc1ccc(/C(O)=C2\C(=O)C(=O)N(c3nc4ccc(F)cc4[nH]3)C2c2ccc(N(C)C)cc2)cc1C. The fourth-order valence-electron chi connectivity index (χ4n) is 4.73. The Bertz CT molecular complexity index is 1610. The fraction of sp³-hybridized carbons (Fsp3) is 0.233. The van der Waals surface area contributed by atoms with Crippen LogP contribution in [0.25, 0.3) is 16.8 Å². The number of Topliss-reactive ketones (excluding diaryl/α,β-unsaturated/α-hetero) is 1. The number of ketones is 1. The summed E-state index contributed by atoms with van der Waals surface area (Å²) in [6.45, 7) is 4.42. The summed E-state index contributed by atoms with van der Waals surface area (Å²) in [4.78, 5) is 37.5. The lowest BCUT2D eigenvalue weighted by Crippen LogP contribution is -2.30. The predicted molar refractivity (Wildman–Crippen MR) is 149 cm³/mol. The summed E-state index contributed by atoms with van der Waals surface area (Å²) in [6.07, 6.45) is 0.853. The maximum Gasteiger partial charge on any atom is 0.302 e. The van der Waals surface area contributed by atoms with Crippen LogP contribution in [0.15, 0.2) is 66.2 Å². The summed E-state index contributed by atoms with van der Waals surface area (Å²) >= 11 is 0. The third-order valence-electron chi connectivity index (χ3n) is 6.74. The average molecular weight is 529 g/mol. The van der Waals surface area contributed by atoms with Crippen molar-refractivity contribution in [2.24, 2.45) is 0 Å². The van der Waals surface area contributed by atoms with Crippen LogP contribution >= 0.6 is 0 Å². The molecule has 1 unspecified atom stereocenters. The first-order chi connectivity index (χ1) is 18.7. The molecule has 39 heavy (non-hydrogen) atoms. The van der Waals surface area contributed by atoms with Crippen molar-refractivity contribution in [1.82, 2.24) is 9.97 Å². The molecule has 0 saturated carbocycles. The number of anilines is 2. The summed E-state index contributed by atoms with van der Waals surface area (Å²) in [5.41, 5.74) is 3.45. The highest BCUT2D eigenvalue weighted by Crippen LogP contribution is 2.42. The molecule has 200 valence electrons. The zero-order valence-electron chi connectivity index (χ0n) is 22.2. The second-order valence-electron chi connectivity index (χ2n) is 9.71. The normalized spacial score (nSPS) is 16.7. The van der Waals surface area contributed by atoms with Gasteiger partial charge < -0.3 is 19.7 Å². The highest BCUT2D eigenvalue weighted by Gasteiger charge is 2.48. The van der Waals surface area contributed by atoms with Gasteiger partial charge in [-0.3, -0.25) is 14.5 Å². The van der Waals surface area contributed by atoms with Gasteiger partial charge in [0.2, 0.25) is 5.95 Å². The molecule has 9 heteroatoms. The highest BCUT2D eigenvalue weighted by atomic mass is 19.1. The van der Waals surface area contributed by atoms with Crippen molar-refractivity contribution in [2.45, 2.75) is 26.3 Å². The van der Waals surface area contributed by atoms with E-state index in [0.29, 0.717) is 34.5 Å². The van der Waals surface area contributed by atoms with E-state index in [9.17, 15) is 19.1 Å². The molecule has 0 aliphatic carbocycles. The number of aliphatic hydroxyl groups excluding tert-OH is 1. The van der Waals surface area contributed by atoms with Crippen molar-refractivity contribution in [1.29, 1.82) is 0 Å². The highest BCUT2D eigenvalue weighted by molar-refractivity contribution is 6.51. The standard InChI is InChI=1S/C30H29FN4O4/c1-5-14-39-24-13-8-19(15-17(24)2)27(36)25-26(18-6-10-21(11-7-18)34(3)4)35(29(38)28(25)37)30-32-22-12-9-20(31)16-23(22)33-30/h6-13,15-16,26,36H,5,14H2,1-4H3,(H,32,33)/b27-25+. The van der Waals surface area contributed by atoms with Gasteiger partial charge in [0, 0.05) is 25.3 Å². The maximum atomic E-state index is 13.9. The van der Waals surface area contributed by atoms with Crippen LogP contribution in [0.1, 0.15) is 36.1 Å². The molecular weight excluding hydrogens is 499 g/mol. The number of aromatic nitrogens is 2. The molecule has 5 rings (SSSR count). The number of carbonyl (C=O) groups excluding carboxylic acids is 2. The lowest BCUT2D eigenvalue weighted by Gasteiger charge is -2.24. The minimum absolute atomic E-state index is 0.0640. The van der Waals surface area contributed by atoms with Gasteiger partial charge >= 0.3 is 5.91 Å². The molecule has 1 fully saturated rings. The van der Waals surface area contributed by atoms with Gasteiger partial charge in [-0.1, -0.05) is 19.1 Å². The quantitative estimate of drug-likeness (QED) is 0.187. The molecule has 3 aromatic carbocycles. The number of hydrogen-bond acceptors (Lipinski definition) is 6. The molecule has 2 heterocycles. The molecule has 4 aromatic rings. The fourth-order valence-corrected chi connectivity index (χ4v) is 4.73. The van der Waals surface area contributed by atoms with Crippen LogP contribution in [0.4, 0.5) is 16.0 Å². The Labute approximate surface area is 225 Å². The Morgan fingerprint density at radius 2 is 1.85 bits per heavy atom. The summed E-state index contributed by atoms with van der Waals surface area (Å²) in [7, 11) is 3.82. The van der Waals surface area contributed by atoms with Crippen LogP contribution in [0.3, 0.4) is 0 Å². The smallest absolute Gasteiger partial charge is 0.302 e. The first-order valence-corrected chi connectivity index (χ1v) is 12.7. The molecule has 1 amide bonds. The van der Waals surface area contributed by atoms with Crippen molar-refractivity contribution in [3.63, 3.8) is 0 Å². The third-order valence-corrected chi connectivity index (χ3v) is 6.74. The van der Waals surface area contributed by atoms with Crippen molar-refractivity contribution in [2.75, 3.05) is 30.5 Å². The lowest BCUT2D eigenvalue weighted by molar-refractivity contribution is -0.132. The van der Waals surface area contributed by atoms with Gasteiger partial charge in [0.15, 0.2) is 0 Å². The number of imidazole rings is 1. The van der Waals surface area contributed by atoms with E-state index in [2.05, 4.69) is 9.97 Å². The summed E-state index contributed by atoms with van der Waals surface area (Å²) in [5, 5.41) is 11.5. The van der Waals surface area contributed by atoms with Gasteiger partial charge in [0.1, 0.15) is 17.3 Å². The Kier molecular flexibility index (Phi) is 6.82. The number of H-pyrrole nitrogens is 1. The molecule has 1 atom stereocenters. The predicted octanol–water partition coefficient (Wildman–Crippen LogP) is 5.49. The van der Waals surface area contributed by atoms with E-state index in [1.807, 2.05) is 45.0 Å². The molecule has 0 radical (unpaired) electrons. The van der Waals surface area contributed by atoms with Crippen LogP contribution < -0.4 is 14.5 Å². The Morgan fingerprint density at radius 1 is 1.10 bits per heavy atom. The Balaban J connectivity index is 1.67. The van der Waals surface area contributed by atoms with Gasteiger partial charge in [-0.2, -0.15) is 0 Å². The number of carbonyl (C=O) groups is 2. The number of ether oxygens (including phenoxy) is 1. The minimum atomic E-state index is -0.969. The number of nitrogens with one attached hydrogen (secondary N) is 1. The molecule has 8 nitrogen and oxygen atoms in total. The number of aromatic amines is 1. The number of rotatable bonds is 7. The number of benzene rings is 3.